The van der Waals surface area contributed by atoms with Crippen LogP contribution in [0.2, 0.25) is 0 Å². The fourth-order valence-electron chi connectivity index (χ4n) is 2.99. The van der Waals surface area contributed by atoms with Crippen molar-refractivity contribution in [3.8, 4) is 5.69 Å². The maximum atomic E-state index is 13.0. The van der Waals surface area contributed by atoms with Crippen LogP contribution in [-0.4, -0.2) is 74.8 Å². The van der Waals surface area contributed by atoms with Gasteiger partial charge >= 0.3 is 0 Å². The Hall–Kier alpha value is -3.76. The highest BCUT2D eigenvalue weighted by Gasteiger charge is 2.33. The number of hydrogen-bond donors (Lipinski definition) is 2. The fourth-order valence-corrected chi connectivity index (χ4v) is 2.99. The van der Waals surface area contributed by atoms with Crippen LogP contribution < -0.4 is 10.6 Å². The third kappa shape index (κ3) is 4.80. The van der Waals surface area contributed by atoms with E-state index in [0.717, 1.165) is 5.69 Å². The quantitative estimate of drug-likeness (QED) is 0.652. The Morgan fingerprint density at radius 2 is 1.67 bits per heavy atom. The highest BCUT2D eigenvalue weighted by Crippen LogP contribution is 2.16. The molecule has 0 bridgehead atoms. The number of aromatic nitrogens is 3. The van der Waals surface area contributed by atoms with E-state index in [1.165, 1.54) is 21.7 Å². The van der Waals surface area contributed by atoms with Gasteiger partial charge in [-0.15, -0.1) is 5.10 Å². The number of hydrogen-bond acceptors (Lipinski definition) is 6. The SMILES string of the molecule is CC(=O)NCC(=O)NCC(=O)N1CCCN1C(=O)c1nn(-c2ccccc2)nc1C. The second-order valence-electron chi connectivity index (χ2n) is 6.74. The first-order valence-corrected chi connectivity index (χ1v) is 9.49. The monoisotopic (exact) mass is 413 g/mol. The van der Waals surface area contributed by atoms with Crippen LogP contribution in [-0.2, 0) is 14.4 Å². The van der Waals surface area contributed by atoms with Gasteiger partial charge in [0.05, 0.1) is 24.5 Å². The predicted molar refractivity (Wildman–Crippen MR) is 105 cm³/mol. The Morgan fingerprint density at radius 3 is 2.37 bits per heavy atom. The van der Waals surface area contributed by atoms with E-state index in [4.69, 9.17) is 0 Å². The van der Waals surface area contributed by atoms with Crippen molar-refractivity contribution < 1.29 is 19.2 Å². The molecule has 30 heavy (non-hydrogen) atoms. The van der Waals surface area contributed by atoms with E-state index in [1.54, 1.807) is 6.92 Å². The average molecular weight is 413 g/mol. The normalized spacial score (nSPS) is 13.3. The molecule has 0 unspecified atom stereocenters. The molecule has 2 heterocycles. The summed E-state index contributed by atoms with van der Waals surface area (Å²) in [6.07, 6.45) is 0.614. The molecule has 4 amide bonds. The van der Waals surface area contributed by atoms with E-state index in [2.05, 4.69) is 20.8 Å². The van der Waals surface area contributed by atoms with Gasteiger partial charge in [0.1, 0.15) is 0 Å². The maximum absolute atomic E-state index is 13.0. The van der Waals surface area contributed by atoms with Crippen molar-refractivity contribution in [2.75, 3.05) is 26.2 Å². The molecule has 0 spiro atoms. The molecule has 1 aromatic carbocycles. The second-order valence-corrected chi connectivity index (χ2v) is 6.74. The van der Waals surface area contributed by atoms with Crippen molar-refractivity contribution in [1.82, 2.24) is 35.6 Å². The van der Waals surface area contributed by atoms with Gasteiger partial charge in [-0.2, -0.15) is 9.90 Å². The smallest absolute Gasteiger partial charge is 0.294 e. The molecule has 11 heteroatoms. The summed E-state index contributed by atoms with van der Waals surface area (Å²) < 4.78 is 0. The molecule has 1 saturated heterocycles. The summed E-state index contributed by atoms with van der Waals surface area (Å²) in [5.41, 5.74) is 1.33. The van der Waals surface area contributed by atoms with Crippen molar-refractivity contribution in [2.45, 2.75) is 20.3 Å². The molecule has 3 rings (SSSR count). The predicted octanol–water partition coefficient (Wildman–Crippen LogP) is -0.582. The summed E-state index contributed by atoms with van der Waals surface area (Å²) >= 11 is 0. The van der Waals surface area contributed by atoms with Crippen molar-refractivity contribution in [3.63, 3.8) is 0 Å². The van der Waals surface area contributed by atoms with Gasteiger partial charge in [0.15, 0.2) is 5.69 Å². The summed E-state index contributed by atoms with van der Waals surface area (Å²) in [5.74, 6) is -1.68. The van der Waals surface area contributed by atoms with Gasteiger partial charge in [0.25, 0.3) is 11.8 Å². The van der Waals surface area contributed by atoms with Gasteiger partial charge in [0.2, 0.25) is 11.8 Å². The Bertz CT molecular complexity index is 957. The molecule has 0 atom stereocenters. The van der Waals surface area contributed by atoms with Crippen molar-refractivity contribution in [1.29, 1.82) is 0 Å². The van der Waals surface area contributed by atoms with Crippen LogP contribution in [0.4, 0.5) is 0 Å². The molecular formula is C19H23N7O4. The summed E-state index contributed by atoms with van der Waals surface area (Å²) in [6, 6.07) is 9.20. The Kier molecular flexibility index (Phi) is 6.40. The first-order valence-electron chi connectivity index (χ1n) is 9.49. The number of carbonyl (C=O) groups excluding carboxylic acids is 4. The molecule has 1 aliphatic rings. The molecule has 1 aromatic heterocycles. The first-order chi connectivity index (χ1) is 14.4. The first kappa shape index (κ1) is 21.0. The van der Waals surface area contributed by atoms with E-state index < -0.39 is 17.7 Å². The van der Waals surface area contributed by atoms with Crippen molar-refractivity contribution in [3.05, 3.63) is 41.7 Å². The average Bonchev–Trinajstić information content (AvgIpc) is 3.37. The zero-order chi connectivity index (χ0) is 21.7. The van der Waals surface area contributed by atoms with E-state index in [0.29, 0.717) is 25.2 Å². The lowest BCUT2D eigenvalue weighted by atomic mass is 10.3. The van der Waals surface area contributed by atoms with Gasteiger partial charge in [0, 0.05) is 20.0 Å². The van der Waals surface area contributed by atoms with Crippen LogP contribution in [0.1, 0.15) is 29.5 Å². The number of para-hydroxylation sites is 1. The molecule has 2 aromatic rings. The van der Waals surface area contributed by atoms with Crippen LogP contribution in [0.25, 0.3) is 5.69 Å². The number of aryl methyl sites for hydroxylation is 1. The number of nitrogens with one attached hydrogen (secondary N) is 2. The molecule has 0 radical (unpaired) electrons. The maximum Gasteiger partial charge on any atom is 0.294 e. The highest BCUT2D eigenvalue weighted by atomic mass is 16.2. The topological polar surface area (TPSA) is 130 Å². The summed E-state index contributed by atoms with van der Waals surface area (Å²) in [4.78, 5) is 49.5. The number of rotatable bonds is 6. The zero-order valence-corrected chi connectivity index (χ0v) is 16.8. The Morgan fingerprint density at radius 1 is 0.967 bits per heavy atom. The number of nitrogens with zero attached hydrogens (tertiary/aromatic N) is 5. The van der Waals surface area contributed by atoms with Gasteiger partial charge in [-0.3, -0.25) is 19.2 Å². The highest BCUT2D eigenvalue weighted by molar-refractivity contribution is 5.95. The second kappa shape index (κ2) is 9.16. The van der Waals surface area contributed by atoms with Gasteiger partial charge < -0.3 is 10.6 Å². The van der Waals surface area contributed by atoms with Crippen LogP contribution in [0.5, 0.6) is 0 Å². The Balaban J connectivity index is 1.66. The van der Waals surface area contributed by atoms with Gasteiger partial charge in [-0.1, -0.05) is 18.2 Å². The lowest BCUT2D eigenvalue weighted by molar-refractivity contribution is -0.140. The van der Waals surface area contributed by atoms with Gasteiger partial charge in [-0.25, -0.2) is 10.0 Å². The third-order valence-corrected chi connectivity index (χ3v) is 4.46. The minimum absolute atomic E-state index is 0.160. The molecular weight excluding hydrogens is 390 g/mol. The minimum Gasteiger partial charge on any atom is -0.347 e. The summed E-state index contributed by atoms with van der Waals surface area (Å²) in [6.45, 7) is 3.21. The standard InChI is InChI=1S/C19H23N7O4/c1-13-18(23-26(22-13)15-7-4-3-5-8-15)19(30)25-10-6-9-24(25)17(29)12-21-16(28)11-20-14(2)27/h3-5,7-8H,6,9-12H2,1-2H3,(H,20,27)(H,21,28). The lowest BCUT2D eigenvalue weighted by Gasteiger charge is -2.27. The van der Waals surface area contributed by atoms with E-state index in [9.17, 15) is 19.2 Å². The molecule has 2 N–H and O–H groups in total. The van der Waals surface area contributed by atoms with Crippen LogP contribution in [0, 0.1) is 6.92 Å². The van der Waals surface area contributed by atoms with E-state index in [1.807, 2.05) is 30.3 Å². The van der Waals surface area contributed by atoms with Crippen molar-refractivity contribution in [2.24, 2.45) is 0 Å². The lowest BCUT2D eigenvalue weighted by Crippen LogP contribution is -2.49. The fraction of sp³-hybridized carbons (Fsp3) is 0.368. The van der Waals surface area contributed by atoms with E-state index >= 15 is 0 Å². The molecule has 11 nitrogen and oxygen atoms in total. The van der Waals surface area contributed by atoms with Crippen LogP contribution >= 0.6 is 0 Å². The third-order valence-electron chi connectivity index (χ3n) is 4.46. The molecule has 0 saturated carbocycles. The number of amides is 4. The van der Waals surface area contributed by atoms with Crippen LogP contribution in [0.3, 0.4) is 0 Å². The number of benzene rings is 1. The van der Waals surface area contributed by atoms with Crippen molar-refractivity contribution >= 4 is 23.6 Å². The molecule has 1 fully saturated rings. The minimum atomic E-state index is -0.489. The molecule has 1 aliphatic heterocycles. The molecule has 0 aliphatic carbocycles. The summed E-state index contributed by atoms with van der Waals surface area (Å²) in [7, 11) is 0. The number of hydrazine groups is 1. The van der Waals surface area contributed by atoms with E-state index in [-0.39, 0.29) is 24.7 Å². The number of carbonyl (C=O) groups is 4. The van der Waals surface area contributed by atoms with Crippen LogP contribution in [0.15, 0.2) is 30.3 Å². The summed E-state index contributed by atoms with van der Waals surface area (Å²) in [5, 5.41) is 16.0. The zero-order valence-electron chi connectivity index (χ0n) is 16.8. The molecule has 158 valence electrons. The Labute approximate surface area is 173 Å². The van der Waals surface area contributed by atoms with Gasteiger partial charge in [-0.05, 0) is 25.5 Å². The largest absolute Gasteiger partial charge is 0.347 e.